The number of aryl methyl sites for hydroxylation is 1. The summed E-state index contributed by atoms with van der Waals surface area (Å²) >= 11 is 3.46. The van der Waals surface area contributed by atoms with Crippen LogP contribution in [0.4, 0.5) is 5.82 Å². The standard InChI is InChI=1S/C15H16BrN3/c1-3-6-13-18-14(15(17)19(13)9-4-2)11-7-5-8-12(16)10-11/h2,5,7-8,10H,3,6,9,17H2,1H3. The maximum absolute atomic E-state index is 6.19. The molecule has 1 aromatic carbocycles. The number of halogens is 1. The number of rotatable bonds is 4. The topological polar surface area (TPSA) is 43.8 Å². The minimum Gasteiger partial charge on any atom is -0.383 e. The van der Waals surface area contributed by atoms with Crippen LogP contribution in [0.5, 0.6) is 0 Å². The molecule has 1 heterocycles. The van der Waals surface area contributed by atoms with Crippen molar-refractivity contribution in [2.75, 3.05) is 5.73 Å². The summed E-state index contributed by atoms with van der Waals surface area (Å²) in [7, 11) is 0. The highest BCUT2D eigenvalue weighted by molar-refractivity contribution is 9.10. The van der Waals surface area contributed by atoms with Crippen molar-refractivity contribution in [1.29, 1.82) is 0 Å². The van der Waals surface area contributed by atoms with E-state index in [1.54, 1.807) is 0 Å². The molecule has 98 valence electrons. The van der Waals surface area contributed by atoms with E-state index >= 15 is 0 Å². The van der Waals surface area contributed by atoms with Gasteiger partial charge in [-0.15, -0.1) is 6.42 Å². The number of terminal acetylenes is 1. The molecule has 0 spiro atoms. The number of nitrogen functional groups attached to an aromatic ring is 1. The molecule has 0 aliphatic carbocycles. The first-order valence-electron chi connectivity index (χ1n) is 6.21. The second-order valence-corrected chi connectivity index (χ2v) is 5.23. The van der Waals surface area contributed by atoms with Gasteiger partial charge in [0.05, 0.1) is 6.54 Å². The van der Waals surface area contributed by atoms with Crippen molar-refractivity contribution < 1.29 is 0 Å². The number of hydrogen-bond acceptors (Lipinski definition) is 2. The zero-order valence-electron chi connectivity index (χ0n) is 10.9. The average Bonchev–Trinajstić information content (AvgIpc) is 2.69. The third-order valence-corrected chi connectivity index (χ3v) is 3.40. The van der Waals surface area contributed by atoms with E-state index in [1.165, 1.54) is 0 Å². The summed E-state index contributed by atoms with van der Waals surface area (Å²) in [6.07, 6.45) is 7.29. The molecule has 1 aromatic heterocycles. The average molecular weight is 318 g/mol. The van der Waals surface area contributed by atoms with Gasteiger partial charge < -0.3 is 10.3 Å². The molecule has 0 saturated heterocycles. The van der Waals surface area contributed by atoms with Crippen LogP contribution in [-0.4, -0.2) is 9.55 Å². The van der Waals surface area contributed by atoms with Crippen LogP contribution in [0.3, 0.4) is 0 Å². The minimum atomic E-state index is 0.460. The SMILES string of the molecule is C#CCn1c(CCC)nc(-c2cccc(Br)c2)c1N. The van der Waals surface area contributed by atoms with E-state index in [0.29, 0.717) is 12.4 Å². The number of benzene rings is 1. The zero-order chi connectivity index (χ0) is 13.8. The smallest absolute Gasteiger partial charge is 0.132 e. The van der Waals surface area contributed by atoms with Gasteiger partial charge in [0, 0.05) is 16.5 Å². The molecule has 0 amide bonds. The van der Waals surface area contributed by atoms with Gasteiger partial charge in [0.2, 0.25) is 0 Å². The number of nitrogens with two attached hydrogens (primary N) is 1. The number of anilines is 1. The van der Waals surface area contributed by atoms with Crippen LogP contribution in [0.2, 0.25) is 0 Å². The van der Waals surface area contributed by atoms with Gasteiger partial charge in [0.25, 0.3) is 0 Å². The zero-order valence-corrected chi connectivity index (χ0v) is 12.4. The lowest BCUT2D eigenvalue weighted by molar-refractivity contribution is 0.733. The molecule has 0 saturated carbocycles. The van der Waals surface area contributed by atoms with Gasteiger partial charge in [-0.3, -0.25) is 0 Å². The molecule has 0 aliphatic rings. The van der Waals surface area contributed by atoms with Crippen LogP contribution in [0.15, 0.2) is 28.7 Å². The lowest BCUT2D eigenvalue weighted by atomic mass is 10.1. The molecule has 0 fully saturated rings. The molecule has 0 unspecified atom stereocenters. The number of imidazole rings is 1. The number of aromatic nitrogens is 2. The van der Waals surface area contributed by atoms with Crippen LogP contribution in [-0.2, 0) is 13.0 Å². The summed E-state index contributed by atoms with van der Waals surface area (Å²) in [5.74, 6) is 4.22. The predicted octanol–water partition coefficient (Wildman–Crippen LogP) is 3.48. The Kier molecular flexibility index (Phi) is 4.28. The van der Waals surface area contributed by atoms with Crippen molar-refractivity contribution in [2.24, 2.45) is 0 Å². The molecule has 3 nitrogen and oxygen atoms in total. The van der Waals surface area contributed by atoms with Crippen LogP contribution >= 0.6 is 15.9 Å². The Morgan fingerprint density at radius 1 is 1.47 bits per heavy atom. The third kappa shape index (κ3) is 2.82. The molecular weight excluding hydrogens is 302 g/mol. The van der Waals surface area contributed by atoms with E-state index in [0.717, 1.165) is 34.4 Å². The highest BCUT2D eigenvalue weighted by Crippen LogP contribution is 2.28. The van der Waals surface area contributed by atoms with Gasteiger partial charge in [-0.25, -0.2) is 4.98 Å². The van der Waals surface area contributed by atoms with Crippen LogP contribution in [0, 0.1) is 12.3 Å². The minimum absolute atomic E-state index is 0.460. The van der Waals surface area contributed by atoms with Gasteiger partial charge in [0.15, 0.2) is 0 Å². The van der Waals surface area contributed by atoms with Crippen molar-refractivity contribution in [3.8, 4) is 23.6 Å². The van der Waals surface area contributed by atoms with E-state index in [2.05, 4.69) is 33.8 Å². The monoisotopic (exact) mass is 317 g/mol. The van der Waals surface area contributed by atoms with Crippen molar-refractivity contribution in [3.63, 3.8) is 0 Å². The number of hydrogen-bond donors (Lipinski definition) is 1. The highest BCUT2D eigenvalue weighted by Gasteiger charge is 2.15. The van der Waals surface area contributed by atoms with Gasteiger partial charge in [-0.1, -0.05) is 40.9 Å². The van der Waals surface area contributed by atoms with Gasteiger partial charge in [0.1, 0.15) is 17.3 Å². The van der Waals surface area contributed by atoms with E-state index in [-0.39, 0.29) is 0 Å². The first kappa shape index (κ1) is 13.7. The first-order valence-corrected chi connectivity index (χ1v) is 7.01. The second-order valence-electron chi connectivity index (χ2n) is 4.31. The summed E-state index contributed by atoms with van der Waals surface area (Å²) in [5, 5.41) is 0. The Hall–Kier alpha value is -1.73. The fourth-order valence-corrected chi connectivity index (χ4v) is 2.44. The van der Waals surface area contributed by atoms with Crippen LogP contribution < -0.4 is 5.73 Å². The first-order chi connectivity index (χ1) is 9.17. The third-order valence-electron chi connectivity index (χ3n) is 2.91. The van der Waals surface area contributed by atoms with E-state index in [9.17, 15) is 0 Å². The fraction of sp³-hybridized carbons (Fsp3) is 0.267. The van der Waals surface area contributed by atoms with Crippen molar-refractivity contribution >= 4 is 21.7 Å². The van der Waals surface area contributed by atoms with Crippen molar-refractivity contribution in [1.82, 2.24) is 9.55 Å². The van der Waals surface area contributed by atoms with Gasteiger partial charge in [-0.05, 0) is 18.6 Å². The van der Waals surface area contributed by atoms with Crippen LogP contribution in [0.1, 0.15) is 19.2 Å². The predicted molar refractivity (Wildman–Crippen MR) is 82.6 cm³/mol. The molecule has 2 N–H and O–H groups in total. The lowest BCUT2D eigenvalue weighted by Crippen LogP contribution is -2.06. The van der Waals surface area contributed by atoms with Gasteiger partial charge >= 0.3 is 0 Å². The summed E-state index contributed by atoms with van der Waals surface area (Å²) in [4.78, 5) is 4.65. The normalized spacial score (nSPS) is 10.4. The summed E-state index contributed by atoms with van der Waals surface area (Å²) in [6.45, 7) is 2.58. The maximum atomic E-state index is 6.19. The van der Waals surface area contributed by atoms with Crippen molar-refractivity contribution in [2.45, 2.75) is 26.3 Å². The van der Waals surface area contributed by atoms with E-state index in [4.69, 9.17) is 12.2 Å². The molecule has 2 aromatic rings. The summed E-state index contributed by atoms with van der Waals surface area (Å²) in [5.41, 5.74) is 8.00. The molecule has 2 rings (SSSR count). The Labute approximate surface area is 122 Å². The number of nitrogens with zero attached hydrogens (tertiary/aromatic N) is 2. The molecule has 4 heteroatoms. The van der Waals surface area contributed by atoms with E-state index in [1.807, 2.05) is 28.8 Å². The Morgan fingerprint density at radius 2 is 2.26 bits per heavy atom. The summed E-state index contributed by atoms with van der Waals surface area (Å²) in [6, 6.07) is 7.96. The quantitative estimate of drug-likeness (QED) is 0.877. The Bertz CT molecular complexity index is 623. The largest absolute Gasteiger partial charge is 0.383 e. The Balaban J connectivity index is 2.52. The van der Waals surface area contributed by atoms with Gasteiger partial charge in [-0.2, -0.15) is 0 Å². The van der Waals surface area contributed by atoms with E-state index < -0.39 is 0 Å². The summed E-state index contributed by atoms with van der Waals surface area (Å²) < 4.78 is 2.92. The molecule has 0 atom stereocenters. The molecular formula is C15H16BrN3. The molecule has 0 radical (unpaired) electrons. The second kappa shape index (κ2) is 5.94. The fourth-order valence-electron chi connectivity index (χ4n) is 2.04. The highest BCUT2D eigenvalue weighted by atomic mass is 79.9. The lowest BCUT2D eigenvalue weighted by Gasteiger charge is -2.05. The Morgan fingerprint density at radius 3 is 2.89 bits per heavy atom. The van der Waals surface area contributed by atoms with Crippen LogP contribution in [0.25, 0.3) is 11.3 Å². The molecule has 0 aliphatic heterocycles. The molecule has 0 bridgehead atoms. The maximum Gasteiger partial charge on any atom is 0.132 e. The molecule has 19 heavy (non-hydrogen) atoms. The van der Waals surface area contributed by atoms with Crippen molar-refractivity contribution in [3.05, 3.63) is 34.6 Å².